The molecular formula is C28H30FN3O. The number of hydrogen-bond donors (Lipinski definition) is 0. The summed E-state index contributed by atoms with van der Waals surface area (Å²) in [4.78, 5) is 7.61. The molecule has 5 heteroatoms. The summed E-state index contributed by atoms with van der Waals surface area (Å²) in [6, 6.07) is 23.5. The van der Waals surface area contributed by atoms with Crippen molar-refractivity contribution in [3.63, 3.8) is 0 Å². The molecule has 0 unspecified atom stereocenters. The topological polar surface area (TPSA) is 30.3 Å². The van der Waals surface area contributed by atoms with Crippen LogP contribution < -0.4 is 4.74 Å². The highest BCUT2D eigenvalue weighted by Gasteiger charge is 2.25. The van der Waals surface area contributed by atoms with E-state index in [0.717, 1.165) is 67.1 Å². The fraction of sp³-hybridized carbons (Fsp3) is 0.321. The maximum Gasteiger partial charge on any atom is 0.123 e. The number of aromatic nitrogens is 2. The number of rotatable bonds is 7. The normalized spacial score (nSPS) is 15.2. The largest absolute Gasteiger partial charge is 0.497 e. The zero-order valence-corrected chi connectivity index (χ0v) is 19.1. The third-order valence-electron chi connectivity index (χ3n) is 6.77. The summed E-state index contributed by atoms with van der Waals surface area (Å²) >= 11 is 0. The van der Waals surface area contributed by atoms with Crippen molar-refractivity contribution in [3.05, 3.63) is 95.6 Å². The summed E-state index contributed by atoms with van der Waals surface area (Å²) in [6.07, 6.45) is 3.27. The average Bonchev–Trinajstić information content (AvgIpc) is 3.23. The maximum absolute atomic E-state index is 13.4. The summed E-state index contributed by atoms with van der Waals surface area (Å²) in [5.74, 6) is 2.31. The van der Waals surface area contributed by atoms with Crippen LogP contribution in [0.3, 0.4) is 0 Å². The molecule has 0 spiro atoms. The minimum absolute atomic E-state index is 0.198. The SMILES string of the molecule is COc1ccc(CCN2CCC(c3nc4ccccc4n3Cc3ccc(F)cc3)CC2)cc1. The summed E-state index contributed by atoms with van der Waals surface area (Å²) in [5.41, 5.74) is 4.63. The van der Waals surface area contributed by atoms with Crippen LogP contribution >= 0.6 is 0 Å². The van der Waals surface area contributed by atoms with E-state index < -0.39 is 0 Å². The molecule has 33 heavy (non-hydrogen) atoms. The van der Waals surface area contributed by atoms with Crippen molar-refractivity contribution < 1.29 is 9.13 Å². The van der Waals surface area contributed by atoms with E-state index >= 15 is 0 Å². The highest BCUT2D eigenvalue weighted by atomic mass is 19.1. The van der Waals surface area contributed by atoms with Gasteiger partial charge in [-0.3, -0.25) is 0 Å². The molecule has 0 N–H and O–H groups in total. The van der Waals surface area contributed by atoms with Crippen LogP contribution in [0.4, 0.5) is 4.39 Å². The number of likely N-dealkylation sites (tertiary alicyclic amines) is 1. The van der Waals surface area contributed by atoms with Gasteiger partial charge in [0.1, 0.15) is 17.4 Å². The number of ether oxygens (including phenoxy) is 1. The number of fused-ring (bicyclic) bond motifs is 1. The molecule has 0 amide bonds. The highest BCUT2D eigenvalue weighted by molar-refractivity contribution is 5.76. The zero-order chi connectivity index (χ0) is 22.6. The van der Waals surface area contributed by atoms with Crippen LogP contribution in [-0.4, -0.2) is 41.2 Å². The molecule has 1 aliphatic heterocycles. The van der Waals surface area contributed by atoms with Crippen LogP contribution in [0.15, 0.2) is 72.8 Å². The Morgan fingerprint density at radius 2 is 1.61 bits per heavy atom. The number of para-hydroxylation sites is 2. The predicted molar refractivity (Wildman–Crippen MR) is 130 cm³/mol. The van der Waals surface area contributed by atoms with Crippen molar-refractivity contribution in [2.75, 3.05) is 26.7 Å². The van der Waals surface area contributed by atoms with Crippen molar-refractivity contribution in [1.82, 2.24) is 14.5 Å². The van der Waals surface area contributed by atoms with Gasteiger partial charge in [-0.1, -0.05) is 36.4 Å². The number of benzene rings is 3. The molecule has 0 saturated carbocycles. The van der Waals surface area contributed by atoms with Crippen molar-refractivity contribution in [2.24, 2.45) is 0 Å². The molecule has 170 valence electrons. The number of imidazole rings is 1. The molecule has 0 radical (unpaired) electrons. The third kappa shape index (κ3) is 4.93. The Morgan fingerprint density at radius 3 is 2.33 bits per heavy atom. The second-order valence-electron chi connectivity index (χ2n) is 8.89. The van der Waals surface area contributed by atoms with Gasteiger partial charge in [0.15, 0.2) is 0 Å². The highest BCUT2D eigenvalue weighted by Crippen LogP contribution is 2.31. The Balaban J connectivity index is 1.27. The lowest BCUT2D eigenvalue weighted by atomic mass is 9.95. The Kier molecular flexibility index (Phi) is 6.40. The molecular weight excluding hydrogens is 413 g/mol. The fourth-order valence-corrected chi connectivity index (χ4v) is 4.84. The second-order valence-corrected chi connectivity index (χ2v) is 8.89. The van der Waals surface area contributed by atoms with Gasteiger partial charge in [0.25, 0.3) is 0 Å². The molecule has 1 fully saturated rings. The first-order valence-electron chi connectivity index (χ1n) is 11.7. The Bertz CT molecular complexity index is 1190. The van der Waals surface area contributed by atoms with Crippen molar-refractivity contribution in [1.29, 1.82) is 0 Å². The minimum atomic E-state index is -0.198. The number of nitrogens with zero attached hydrogens (tertiary/aromatic N) is 3. The van der Waals surface area contributed by atoms with Gasteiger partial charge in [-0.25, -0.2) is 9.37 Å². The van der Waals surface area contributed by atoms with Crippen LogP contribution in [0.1, 0.15) is 35.7 Å². The van der Waals surface area contributed by atoms with E-state index in [0.29, 0.717) is 12.5 Å². The molecule has 0 atom stereocenters. The Labute approximate surface area is 194 Å². The van der Waals surface area contributed by atoms with Gasteiger partial charge >= 0.3 is 0 Å². The zero-order valence-electron chi connectivity index (χ0n) is 19.1. The maximum atomic E-state index is 13.4. The monoisotopic (exact) mass is 443 g/mol. The second kappa shape index (κ2) is 9.75. The van der Waals surface area contributed by atoms with Crippen LogP contribution in [0, 0.1) is 5.82 Å². The Hall–Kier alpha value is -3.18. The number of methoxy groups -OCH3 is 1. The van der Waals surface area contributed by atoms with E-state index in [2.05, 4.69) is 39.8 Å². The van der Waals surface area contributed by atoms with Crippen LogP contribution in [-0.2, 0) is 13.0 Å². The summed E-state index contributed by atoms with van der Waals surface area (Å²) in [5, 5.41) is 0. The molecule has 2 heterocycles. The molecule has 4 aromatic rings. The van der Waals surface area contributed by atoms with E-state index in [1.807, 2.05) is 30.3 Å². The molecule has 5 rings (SSSR count). The number of piperidine rings is 1. The van der Waals surface area contributed by atoms with Gasteiger partial charge in [0.05, 0.1) is 18.1 Å². The number of hydrogen-bond acceptors (Lipinski definition) is 3. The van der Waals surface area contributed by atoms with Gasteiger partial charge in [-0.05, 0) is 79.9 Å². The van der Waals surface area contributed by atoms with E-state index in [1.165, 1.54) is 17.7 Å². The lowest BCUT2D eigenvalue weighted by molar-refractivity contribution is 0.210. The standard InChI is InChI=1S/C28H30FN3O/c1-33-25-12-8-21(9-13-25)14-17-31-18-15-23(16-19-31)28-30-26-4-2-3-5-27(26)32(28)20-22-6-10-24(29)11-7-22/h2-13,23H,14-20H2,1H3. The van der Waals surface area contributed by atoms with Gasteiger partial charge in [-0.2, -0.15) is 0 Å². The van der Waals surface area contributed by atoms with Crippen LogP contribution in [0.5, 0.6) is 5.75 Å². The molecule has 3 aromatic carbocycles. The van der Waals surface area contributed by atoms with Crippen molar-refractivity contribution in [2.45, 2.75) is 31.7 Å². The molecule has 0 aliphatic carbocycles. The summed E-state index contributed by atoms with van der Waals surface area (Å²) in [6.45, 7) is 3.96. The summed E-state index contributed by atoms with van der Waals surface area (Å²) < 4.78 is 21.0. The molecule has 1 aliphatic rings. The van der Waals surface area contributed by atoms with E-state index in [1.54, 1.807) is 7.11 Å². The molecule has 1 saturated heterocycles. The Morgan fingerprint density at radius 1 is 0.909 bits per heavy atom. The van der Waals surface area contributed by atoms with Gasteiger partial charge in [-0.15, -0.1) is 0 Å². The summed E-state index contributed by atoms with van der Waals surface area (Å²) in [7, 11) is 1.70. The first kappa shape index (κ1) is 21.7. The third-order valence-corrected chi connectivity index (χ3v) is 6.77. The molecule has 4 nitrogen and oxygen atoms in total. The number of halogens is 1. The smallest absolute Gasteiger partial charge is 0.123 e. The van der Waals surface area contributed by atoms with Gasteiger partial charge in [0.2, 0.25) is 0 Å². The van der Waals surface area contributed by atoms with Gasteiger partial charge < -0.3 is 14.2 Å². The lowest BCUT2D eigenvalue weighted by Crippen LogP contribution is -2.35. The first-order chi connectivity index (χ1) is 16.2. The van der Waals surface area contributed by atoms with E-state index in [9.17, 15) is 4.39 Å². The van der Waals surface area contributed by atoms with Crippen molar-refractivity contribution >= 4 is 11.0 Å². The van der Waals surface area contributed by atoms with Crippen molar-refractivity contribution in [3.8, 4) is 5.75 Å². The first-order valence-corrected chi connectivity index (χ1v) is 11.7. The van der Waals surface area contributed by atoms with Crippen LogP contribution in [0.2, 0.25) is 0 Å². The van der Waals surface area contributed by atoms with Crippen LogP contribution in [0.25, 0.3) is 11.0 Å². The van der Waals surface area contributed by atoms with E-state index in [-0.39, 0.29) is 5.82 Å². The minimum Gasteiger partial charge on any atom is -0.497 e. The molecule has 0 bridgehead atoms. The molecule has 1 aromatic heterocycles. The van der Waals surface area contributed by atoms with Gasteiger partial charge in [0, 0.05) is 19.0 Å². The quantitative estimate of drug-likeness (QED) is 0.370. The lowest BCUT2D eigenvalue weighted by Gasteiger charge is -2.32. The fourth-order valence-electron chi connectivity index (χ4n) is 4.84. The van der Waals surface area contributed by atoms with E-state index in [4.69, 9.17) is 9.72 Å². The predicted octanol–water partition coefficient (Wildman–Crippen LogP) is 5.65. The average molecular weight is 444 g/mol.